The van der Waals surface area contributed by atoms with Crippen LogP contribution in [0.15, 0.2) is 406 Å². The lowest BCUT2D eigenvalue weighted by Crippen LogP contribution is -2.61. The Morgan fingerprint density at radius 3 is 1.14 bits per heavy atom. The van der Waals surface area contributed by atoms with E-state index in [1.165, 1.54) is 4.57 Å². The summed E-state index contributed by atoms with van der Waals surface area (Å²) >= 11 is 0. The summed E-state index contributed by atoms with van der Waals surface area (Å²) in [7, 11) is 0. The summed E-state index contributed by atoms with van der Waals surface area (Å²) in [6.07, 6.45) is 0. The van der Waals surface area contributed by atoms with Crippen molar-refractivity contribution >= 4 is 140 Å². The van der Waals surface area contributed by atoms with Crippen LogP contribution in [-0.2, 0) is 0 Å². The van der Waals surface area contributed by atoms with Gasteiger partial charge in [-0.3, -0.25) is 0 Å². The van der Waals surface area contributed by atoms with Crippen LogP contribution in [-0.4, -0.2) is 20.4 Å². The quantitative estimate of drug-likeness (QED) is 0.114. The standard InChI is InChI=1S/C102H67BN6/c1-6-29-68(30-7-1)72-61-73(69-31-8-2-9-32-69)63-79(62-72)108-97-65-78(106-93-49-24-18-41-85(93)86-42-19-25-50-94(86)106)58-60-89(97)103-90-59-57-77(104(74-37-14-5-15-38-74)75-53-55-76(56-54-75)105-91-47-22-16-39-83(91)84-40-17-23-48-92(84)105)64-98(90)109(102-81(70-33-10-3-11-34-70)45-28-46-82(102)71-35-12-4-13-36-71)100-67-80(66-99(108)101(100)103)107-95-51-26-20-43-87(95)88-44-21-27-52-96(88)107/h1-67H/i18D,19D,20D,21D,24D,25D,26D,27D,41D,42D,43D,44D,49D,50D,51D,52D. The molecule has 0 atom stereocenters. The lowest BCUT2D eigenvalue weighted by Gasteiger charge is -2.45. The molecule has 0 N–H and O–H groups in total. The van der Waals surface area contributed by atoms with Crippen LogP contribution in [0.25, 0.3) is 127 Å². The van der Waals surface area contributed by atoms with Gasteiger partial charge in [0.1, 0.15) is 0 Å². The van der Waals surface area contributed by atoms with Gasteiger partial charge in [-0.15, -0.1) is 0 Å². The van der Waals surface area contributed by atoms with Crippen LogP contribution in [0.2, 0.25) is 0 Å². The molecule has 0 unspecified atom stereocenters. The largest absolute Gasteiger partial charge is 0.311 e. The summed E-state index contributed by atoms with van der Waals surface area (Å²) in [5.74, 6) is 0. The number of fused-ring (bicyclic) bond motifs is 13. The molecule has 5 heterocycles. The predicted octanol–water partition coefficient (Wildman–Crippen LogP) is 25.2. The molecule has 0 saturated heterocycles. The van der Waals surface area contributed by atoms with Crippen molar-refractivity contribution in [3.8, 4) is 61.6 Å². The highest BCUT2D eigenvalue weighted by Gasteiger charge is 2.46. The molecule has 109 heavy (non-hydrogen) atoms. The number of benzene rings is 17. The first kappa shape index (κ1) is 47.9. The minimum absolute atomic E-state index is 0.0926. The average Bonchev–Trinajstić information content (AvgIpc) is 1.67. The molecule has 17 aromatic carbocycles. The van der Waals surface area contributed by atoms with E-state index in [2.05, 4.69) is 183 Å². The fourth-order valence-corrected chi connectivity index (χ4v) is 17.0. The Morgan fingerprint density at radius 2 is 0.624 bits per heavy atom. The van der Waals surface area contributed by atoms with E-state index < -0.39 is 103 Å². The van der Waals surface area contributed by atoms with Crippen LogP contribution in [0.5, 0.6) is 0 Å². The third kappa shape index (κ3) is 9.91. The van der Waals surface area contributed by atoms with Gasteiger partial charge in [-0.05, 0) is 177 Å². The molecule has 0 spiro atoms. The fraction of sp³-hybridized carbons (Fsp3) is 0. The first-order chi connectivity index (χ1) is 60.8. The van der Waals surface area contributed by atoms with Crippen LogP contribution in [0.1, 0.15) is 21.9 Å². The number of anilines is 9. The highest BCUT2D eigenvalue weighted by Crippen LogP contribution is 2.54. The topological polar surface area (TPSA) is 24.5 Å². The van der Waals surface area contributed by atoms with Crippen molar-refractivity contribution in [1.82, 2.24) is 13.7 Å². The maximum Gasteiger partial charge on any atom is 0.252 e. The first-order valence-corrected chi connectivity index (χ1v) is 36.3. The SMILES string of the molecule is [2H]c1c([2H])c([2H])c2c(c1[2H])c1c([2H])c([2H])c([2H])c([2H])c1n2-c1ccc2c(c1)N(c1cc(-c3ccccc3)cc(-c3ccccc3)c1)c1cc(-n3c4c([2H])c([2H])c([2H])c([2H])c4c4c([2H])c([2H])c([2H])c([2H])c43)cc3c1B2c1ccc(N(c2ccccc2)c2ccc(-n4c5ccccc5c5ccccc54)cc2)cc1N3c1c(-c2ccccc2)cccc1-c1ccccc1. The zero-order valence-corrected chi connectivity index (χ0v) is 58.2. The molecule has 0 radical (unpaired) electrons. The average molecular weight is 1400 g/mol. The van der Waals surface area contributed by atoms with Gasteiger partial charge >= 0.3 is 0 Å². The fourth-order valence-electron chi connectivity index (χ4n) is 17.0. The van der Waals surface area contributed by atoms with Crippen molar-refractivity contribution in [2.45, 2.75) is 0 Å². The molecule has 0 aliphatic carbocycles. The Hall–Kier alpha value is -14.4. The molecule has 0 saturated carbocycles. The summed E-state index contributed by atoms with van der Waals surface area (Å²) in [4.78, 5) is 6.64. The minimum atomic E-state index is -0.819. The number of aromatic nitrogens is 3. The Labute approximate surface area is 654 Å². The molecule has 20 aromatic rings. The summed E-state index contributed by atoms with van der Waals surface area (Å²) in [6.45, 7) is -0.819. The third-order valence-electron chi connectivity index (χ3n) is 21.6. The van der Waals surface area contributed by atoms with Gasteiger partial charge in [-0.25, -0.2) is 0 Å². The molecule has 7 heteroatoms. The summed E-state index contributed by atoms with van der Waals surface area (Å²) in [5, 5.41) is 1.78. The lowest BCUT2D eigenvalue weighted by molar-refractivity contribution is 1.15. The first-order valence-electron chi connectivity index (χ1n) is 44.3. The number of hydrogen-bond acceptors (Lipinski definition) is 3. The van der Waals surface area contributed by atoms with Crippen LogP contribution in [0.4, 0.5) is 51.2 Å². The molecule has 2 aliphatic rings. The van der Waals surface area contributed by atoms with E-state index in [1.54, 1.807) is 4.57 Å². The van der Waals surface area contributed by atoms with Crippen LogP contribution >= 0.6 is 0 Å². The van der Waals surface area contributed by atoms with E-state index in [0.29, 0.717) is 39.4 Å². The molecule has 2 aliphatic heterocycles. The van der Waals surface area contributed by atoms with Gasteiger partial charge in [0, 0.05) is 100 Å². The highest BCUT2D eigenvalue weighted by atomic mass is 15.2. The Kier molecular flexibility index (Phi) is 11.0. The molecule has 6 nitrogen and oxygen atoms in total. The molecule has 3 aromatic heterocycles. The van der Waals surface area contributed by atoms with Gasteiger partial charge in [0.05, 0.1) is 66.4 Å². The molecular weight excluding hydrogens is 1320 g/mol. The van der Waals surface area contributed by atoms with Gasteiger partial charge < -0.3 is 28.4 Å². The Balaban J connectivity index is 0.924. The van der Waals surface area contributed by atoms with Gasteiger partial charge in [0.2, 0.25) is 0 Å². The van der Waals surface area contributed by atoms with E-state index in [9.17, 15) is 19.2 Å². The van der Waals surface area contributed by atoms with Crippen molar-refractivity contribution in [2.24, 2.45) is 0 Å². The van der Waals surface area contributed by atoms with Crippen molar-refractivity contribution in [1.29, 1.82) is 0 Å². The monoisotopic (exact) mass is 1400 g/mol. The second-order valence-corrected chi connectivity index (χ2v) is 27.5. The Bertz CT molecular complexity index is 7690. The summed E-state index contributed by atoms with van der Waals surface area (Å²) in [5.41, 5.74) is 17.8. The maximum absolute atomic E-state index is 10.2. The van der Waals surface area contributed by atoms with E-state index in [-0.39, 0.29) is 55.0 Å². The van der Waals surface area contributed by atoms with Crippen LogP contribution < -0.4 is 31.1 Å². The minimum Gasteiger partial charge on any atom is -0.311 e. The third-order valence-corrected chi connectivity index (χ3v) is 21.6. The predicted molar refractivity (Wildman–Crippen MR) is 460 cm³/mol. The highest BCUT2D eigenvalue weighted by molar-refractivity contribution is 7.00. The van der Waals surface area contributed by atoms with Crippen molar-refractivity contribution in [2.75, 3.05) is 14.7 Å². The normalized spacial score (nSPS) is 14.4. The summed E-state index contributed by atoms with van der Waals surface area (Å²) in [6, 6.07) is 95.7. The van der Waals surface area contributed by atoms with E-state index in [4.69, 9.17) is 2.74 Å². The number of para-hydroxylation sites is 8. The molecule has 0 bridgehead atoms. The molecule has 0 fully saturated rings. The van der Waals surface area contributed by atoms with Crippen LogP contribution in [0.3, 0.4) is 0 Å². The summed E-state index contributed by atoms with van der Waals surface area (Å²) < 4.78 is 159. The van der Waals surface area contributed by atoms with Crippen LogP contribution in [0, 0.1) is 0 Å². The van der Waals surface area contributed by atoms with Crippen molar-refractivity contribution < 1.29 is 21.9 Å². The van der Waals surface area contributed by atoms with E-state index >= 15 is 0 Å². The second kappa shape index (κ2) is 25.2. The molecule has 508 valence electrons. The zero-order chi connectivity index (χ0) is 85.5. The number of nitrogens with zero attached hydrogens (tertiary/aromatic N) is 6. The number of rotatable bonds is 12. The van der Waals surface area contributed by atoms with Crippen molar-refractivity contribution in [3.63, 3.8) is 0 Å². The maximum atomic E-state index is 10.2. The van der Waals surface area contributed by atoms with Gasteiger partial charge in [-0.2, -0.15) is 0 Å². The van der Waals surface area contributed by atoms with Gasteiger partial charge in [0.15, 0.2) is 0 Å². The second-order valence-electron chi connectivity index (χ2n) is 27.5. The molecule has 22 rings (SSSR count). The molecular formula is C102H67BN6. The van der Waals surface area contributed by atoms with E-state index in [0.717, 1.165) is 100 Å². The van der Waals surface area contributed by atoms with Gasteiger partial charge in [-0.1, -0.05) is 279 Å². The zero-order valence-electron chi connectivity index (χ0n) is 74.2. The molecule has 0 amide bonds. The number of hydrogen-bond donors (Lipinski definition) is 0. The van der Waals surface area contributed by atoms with Gasteiger partial charge in [0.25, 0.3) is 6.71 Å². The van der Waals surface area contributed by atoms with Crippen molar-refractivity contribution in [3.05, 3.63) is 406 Å². The van der Waals surface area contributed by atoms with E-state index in [1.807, 2.05) is 146 Å². The Morgan fingerprint density at radius 1 is 0.239 bits per heavy atom. The smallest absolute Gasteiger partial charge is 0.252 e. The lowest BCUT2D eigenvalue weighted by atomic mass is 9.33.